The lowest BCUT2D eigenvalue weighted by atomic mass is 9.91. The van der Waals surface area contributed by atoms with Crippen molar-refractivity contribution in [1.82, 2.24) is 4.90 Å². The molecule has 0 radical (unpaired) electrons. The minimum Gasteiger partial charge on any atom is -0.390 e. The molecule has 1 heterocycles. The Morgan fingerprint density at radius 1 is 1.04 bits per heavy atom. The van der Waals surface area contributed by atoms with Gasteiger partial charge in [-0.2, -0.15) is 0 Å². The Balaban J connectivity index is 2.31. The smallest absolute Gasteiger partial charge is 0.222 e. The first-order valence-electron chi connectivity index (χ1n) is 10.0. The number of hydrogen-bond acceptors (Lipinski definition) is 2. The quantitative estimate of drug-likeness (QED) is 0.481. The number of nitrogens with zero attached hydrogens (tertiary/aromatic N) is 1. The van der Waals surface area contributed by atoms with Crippen LogP contribution in [0, 0.1) is 0 Å². The van der Waals surface area contributed by atoms with Crippen molar-refractivity contribution in [3.05, 3.63) is 0 Å². The highest BCUT2D eigenvalue weighted by Crippen LogP contribution is 2.28. The van der Waals surface area contributed by atoms with E-state index in [9.17, 15) is 9.90 Å². The summed E-state index contributed by atoms with van der Waals surface area (Å²) in [6, 6.07) is 0.367. The van der Waals surface area contributed by atoms with E-state index >= 15 is 0 Å². The summed E-state index contributed by atoms with van der Waals surface area (Å²) in [4.78, 5) is 14.2. The summed E-state index contributed by atoms with van der Waals surface area (Å²) in [7, 11) is 0. The molecule has 1 saturated heterocycles. The Labute approximate surface area is 143 Å². The number of likely N-dealkylation sites (tertiary alicyclic amines) is 1. The summed E-state index contributed by atoms with van der Waals surface area (Å²) >= 11 is 0. The van der Waals surface area contributed by atoms with Crippen molar-refractivity contribution in [3.8, 4) is 0 Å². The molecule has 0 saturated carbocycles. The van der Waals surface area contributed by atoms with Gasteiger partial charge >= 0.3 is 0 Å². The Bertz CT molecular complexity index is 328. The van der Waals surface area contributed by atoms with Crippen LogP contribution < -0.4 is 0 Å². The van der Waals surface area contributed by atoms with Gasteiger partial charge in [-0.05, 0) is 39.0 Å². The molecule has 0 aromatic carbocycles. The first-order valence-corrected chi connectivity index (χ1v) is 10.0. The lowest BCUT2D eigenvalue weighted by molar-refractivity contribution is -0.129. The molecule has 1 aliphatic heterocycles. The van der Waals surface area contributed by atoms with Crippen LogP contribution in [0.3, 0.4) is 0 Å². The summed E-state index contributed by atoms with van der Waals surface area (Å²) < 4.78 is 0. The van der Waals surface area contributed by atoms with Crippen LogP contribution >= 0.6 is 0 Å². The third kappa shape index (κ3) is 8.19. The maximum atomic E-state index is 12.1. The van der Waals surface area contributed by atoms with Crippen molar-refractivity contribution < 1.29 is 9.90 Å². The predicted molar refractivity (Wildman–Crippen MR) is 97.5 cm³/mol. The zero-order chi connectivity index (χ0) is 17.1. The highest BCUT2D eigenvalue weighted by Gasteiger charge is 2.32. The lowest BCUT2D eigenvalue weighted by Gasteiger charge is -2.29. The van der Waals surface area contributed by atoms with E-state index in [2.05, 4.69) is 18.7 Å². The molecule has 1 aliphatic rings. The van der Waals surface area contributed by atoms with Crippen LogP contribution in [0.4, 0.5) is 0 Å². The molecule has 1 fully saturated rings. The molecule has 0 spiro atoms. The van der Waals surface area contributed by atoms with Gasteiger partial charge in [-0.15, -0.1) is 0 Å². The molecule has 136 valence electrons. The molecule has 1 N–H and O–H groups in total. The molecular weight excluding hydrogens is 286 g/mol. The van der Waals surface area contributed by atoms with E-state index in [0.717, 1.165) is 45.1 Å². The van der Waals surface area contributed by atoms with Crippen molar-refractivity contribution in [2.45, 2.75) is 116 Å². The summed E-state index contributed by atoms with van der Waals surface area (Å²) in [6.07, 6.45) is 14.1. The SMILES string of the molecule is CCCCCCCN1C(=O)CCC1CCC(C)(O)CCCCC. The highest BCUT2D eigenvalue weighted by molar-refractivity contribution is 5.78. The van der Waals surface area contributed by atoms with Gasteiger partial charge in [0.25, 0.3) is 0 Å². The minimum absolute atomic E-state index is 0.330. The number of carbonyl (C=O) groups is 1. The topological polar surface area (TPSA) is 40.5 Å². The van der Waals surface area contributed by atoms with E-state index in [-0.39, 0.29) is 0 Å². The number of rotatable bonds is 13. The van der Waals surface area contributed by atoms with Gasteiger partial charge in [0.1, 0.15) is 0 Å². The Morgan fingerprint density at radius 2 is 1.70 bits per heavy atom. The molecule has 0 bridgehead atoms. The molecule has 3 heteroatoms. The molecule has 2 atom stereocenters. The average Bonchev–Trinajstić information content (AvgIpc) is 2.86. The molecule has 1 rings (SSSR count). The molecule has 2 unspecified atom stereocenters. The highest BCUT2D eigenvalue weighted by atomic mass is 16.3. The molecule has 23 heavy (non-hydrogen) atoms. The largest absolute Gasteiger partial charge is 0.390 e. The number of hydrogen-bond donors (Lipinski definition) is 1. The van der Waals surface area contributed by atoms with Crippen molar-refractivity contribution in [2.75, 3.05) is 6.54 Å². The van der Waals surface area contributed by atoms with Gasteiger partial charge in [-0.25, -0.2) is 0 Å². The van der Waals surface area contributed by atoms with Crippen LogP contribution in [0.5, 0.6) is 0 Å². The fourth-order valence-electron chi connectivity index (χ4n) is 3.64. The first-order chi connectivity index (χ1) is 11.0. The zero-order valence-electron chi connectivity index (χ0n) is 15.8. The molecule has 0 aromatic heterocycles. The number of carbonyl (C=O) groups excluding carboxylic acids is 1. The number of aliphatic hydroxyl groups is 1. The van der Waals surface area contributed by atoms with Gasteiger partial charge in [0.15, 0.2) is 0 Å². The normalized spacial score (nSPS) is 21.0. The predicted octanol–water partition coefficient (Wildman–Crippen LogP) is 5.06. The van der Waals surface area contributed by atoms with Gasteiger partial charge in [0.2, 0.25) is 5.91 Å². The molecule has 3 nitrogen and oxygen atoms in total. The van der Waals surface area contributed by atoms with Gasteiger partial charge in [0.05, 0.1) is 5.60 Å². The van der Waals surface area contributed by atoms with Gasteiger partial charge < -0.3 is 10.0 Å². The third-order valence-corrected chi connectivity index (χ3v) is 5.29. The average molecular weight is 326 g/mol. The second-order valence-corrected chi connectivity index (χ2v) is 7.69. The maximum Gasteiger partial charge on any atom is 0.222 e. The number of unbranched alkanes of at least 4 members (excludes halogenated alkanes) is 6. The Morgan fingerprint density at radius 3 is 2.39 bits per heavy atom. The van der Waals surface area contributed by atoms with Crippen LogP contribution in [-0.2, 0) is 4.79 Å². The first kappa shape index (κ1) is 20.5. The minimum atomic E-state index is -0.562. The fraction of sp³-hybridized carbons (Fsp3) is 0.950. The fourth-order valence-corrected chi connectivity index (χ4v) is 3.64. The van der Waals surface area contributed by atoms with E-state index < -0.39 is 5.60 Å². The van der Waals surface area contributed by atoms with E-state index in [1.807, 2.05) is 6.92 Å². The molecular formula is C20H39NO2. The third-order valence-electron chi connectivity index (χ3n) is 5.29. The molecule has 1 amide bonds. The van der Waals surface area contributed by atoms with Gasteiger partial charge in [-0.3, -0.25) is 4.79 Å². The van der Waals surface area contributed by atoms with Gasteiger partial charge in [0, 0.05) is 19.0 Å². The molecule has 0 aliphatic carbocycles. The van der Waals surface area contributed by atoms with E-state index in [1.54, 1.807) is 0 Å². The van der Waals surface area contributed by atoms with Crippen LogP contribution in [0.1, 0.15) is 104 Å². The standard InChI is InChI=1S/C20H39NO2/c1-4-6-8-9-11-17-21-18(12-13-19(21)22)14-16-20(3,23)15-10-7-5-2/h18,23H,4-17H2,1-3H3. The van der Waals surface area contributed by atoms with Crippen molar-refractivity contribution >= 4 is 5.91 Å². The summed E-state index contributed by atoms with van der Waals surface area (Å²) in [5.74, 6) is 0.330. The molecule has 0 aromatic rings. The van der Waals surface area contributed by atoms with Crippen molar-refractivity contribution in [1.29, 1.82) is 0 Å². The Hall–Kier alpha value is -0.570. The Kier molecular flexibility index (Phi) is 9.85. The monoisotopic (exact) mass is 325 g/mol. The second kappa shape index (κ2) is 11.1. The van der Waals surface area contributed by atoms with Crippen molar-refractivity contribution in [3.63, 3.8) is 0 Å². The van der Waals surface area contributed by atoms with Crippen LogP contribution in [0.25, 0.3) is 0 Å². The van der Waals surface area contributed by atoms with Crippen LogP contribution in [-0.4, -0.2) is 34.1 Å². The number of amides is 1. The van der Waals surface area contributed by atoms with E-state index in [4.69, 9.17) is 0 Å². The van der Waals surface area contributed by atoms with Crippen LogP contribution in [0.2, 0.25) is 0 Å². The zero-order valence-corrected chi connectivity index (χ0v) is 15.8. The van der Waals surface area contributed by atoms with E-state index in [0.29, 0.717) is 18.4 Å². The van der Waals surface area contributed by atoms with E-state index in [1.165, 1.54) is 38.5 Å². The summed E-state index contributed by atoms with van der Waals surface area (Å²) in [5.41, 5.74) is -0.562. The second-order valence-electron chi connectivity index (χ2n) is 7.69. The summed E-state index contributed by atoms with van der Waals surface area (Å²) in [6.45, 7) is 7.31. The van der Waals surface area contributed by atoms with Crippen LogP contribution in [0.15, 0.2) is 0 Å². The summed E-state index contributed by atoms with van der Waals surface area (Å²) in [5, 5.41) is 10.5. The maximum absolute atomic E-state index is 12.1. The lowest BCUT2D eigenvalue weighted by Crippen LogP contribution is -2.36. The van der Waals surface area contributed by atoms with Crippen molar-refractivity contribution in [2.24, 2.45) is 0 Å². The van der Waals surface area contributed by atoms with Gasteiger partial charge in [-0.1, -0.05) is 58.8 Å².